The molecule has 0 atom stereocenters. The van der Waals surface area contributed by atoms with Crippen molar-refractivity contribution in [2.45, 2.75) is 13.8 Å². The Morgan fingerprint density at radius 1 is 1.39 bits per heavy atom. The quantitative estimate of drug-likeness (QED) is 0.391. The van der Waals surface area contributed by atoms with Crippen LogP contribution in [0.25, 0.3) is 0 Å². The number of carbonyl (C=O) groups is 1. The number of hydrogen-bond acceptors (Lipinski definition) is 5. The summed E-state index contributed by atoms with van der Waals surface area (Å²) < 4.78 is 4.74. The van der Waals surface area contributed by atoms with Gasteiger partial charge in [0.1, 0.15) is 5.76 Å². The van der Waals surface area contributed by atoms with Gasteiger partial charge < -0.3 is 9.84 Å². The van der Waals surface area contributed by atoms with E-state index in [-0.39, 0.29) is 18.1 Å². The molecule has 6 heteroatoms. The van der Waals surface area contributed by atoms with Crippen molar-refractivity contribution in [3.63, 3.8) is 0 Å². The van der Waals surface area contributed by atoms with Crippen LogP contribution in [0.1, 0.15) is 13.8 Å². The summed E-state index contributed by atoms with van der Waals surface area (Å²) >= 11 is 5.72. The molecule has 0 heterocycles. The van der Waals surface area contributed by atoms with Crippen LogP contribution in [0.5, 0.6) is 0 Å². The van der Waals surface area contributed by atoms with Crippen LogP contribution in [-0.4, -0.2) is 17.7 Å². The predicted molar refractivity (Wildman–Crippen MR) is 67.9 cm³/mol. The molecule has 0 saturated heterocycles. The van der Waals surface area contributed by atoms with Crippen LogP contribution in [0.4, 0.5) is 5.69 Å². The fourth-order valence-electron chi connectivity index (χ4n) is 1.08. The Kier molecular flexibility index (Phi) is 5.32. The van der Waals surface area contributed by atoms with E-state index in [9.17, 15) is 9.90 Å². The molecule has 5 nitrogen and oxygen atoms in total. The van der Waals surface area contributed by atoms with E-state index in [4.69, 9.17) is 16.3 Å². The molecule has 0 aliphatic carbocycles. The number of nitrogens with zero attached hydrogens (tertiary/aromatic N) is 2. The molecule has 0 radical (unpaired) electrons. The third-order valence-electron chi connectivity index (χ3n) is 1.90. The first-order chi connectivity index (χ1) is 8.54. The molecule has 0 fully saturated rings. The van der Waals surface area contributed by atoms with Crippen LogP contribution in [0, 0.1) is 0 Å². The smallest absolute Gasteiger partial charge is 0.362 e. The molecular formula is C12H13ClN2O3. The third-order valence-corrected chi connectivity index (χ3v) is 2.16. The standard InChI is InChI=1S/C12H13ClN2O3/c1-3-18-12(17)11(8(2)16)15-14-10-6-4-9(13)5-7-10/h4-7,16H,3H2,1-2H3/b11-8+,15-14?. The van der Waals surface area contributed by atoms with Gasteiger partial charge in [0.2, 0.25) is 5.70 Å². The average molecular weight is 269 g/mol. The van der Waals surface area contributed by atoms with Gasteiger partial charge in [-0.05, 0) is 38.1 Å². The second kappa shape index (κ2) is 6.76. The van der Waals surface area contributed by atoms with Gasteiger partial charge in [0.15, 0.2) is 0 Å². The van der Waals surface area contributed by atoms with E-state index in [1.807, 2.05) is 0 Å². The number of allylic oxidation sites excluding steroid dienone is 1. The van der Waals surface area contributed by atoms with E-state index in [2.05, 4.69) is 10.2 Å². The number of carbonyl (C=O) groups excluding carboxylic acids is 1. The van der Waals surface area contributed by atoms with Gasteiger partial charge in [-0.3, -0.25) is 0 Å². The summed E-state index contributed by atoms with van der Waals surface area (Å²) in [7, 11) is 0. The number of azo groups is 1. The molecule has 0 aliphatic rings. The minimum absolute atomic E-state index is 0.200. The average Bonchev–Trinajstić information content (AvgIpc) is 2.31. The summed E-state index contributed by atoms with van der Waals surface area (Å²) in [5, 5.41) is 17.4. The lowest BCUT2D eigenvalue weighted by Crippen LogP contribution is -2.07. The Bertz CT molecular complexity index is 477. The van der Waals surface area contributed by atoms with Crippen LogP contribution >= 0.6 is 11.6 Å². The van der Waals surface area contributed by atoms with E-state index >= 15 is 0 Å². The van der Waals surface area contributed by atoms with Crippen molar-refractivity contribution in [2.75, 3.05) is 6.61 Å². The van der Waals surface area contributed by atoms with E-state index in [1.165, 1.54) is 6.92 Å². The lowest BCUT2D eigenvalue weighted by atomic mass is 10.3. The van der Waals surface area contributed by atoms with Gasteiger partial charge in [-0.1, -0.05) is 11.6 Å². The Hall–Kier alpha value is -1.88. The molecule has 1 aromatic rings. The van der Waals surface area contributed by atoms with Gasteiger partial charge in [0.05, 0.1) is 12.3 Å². The molecule has 0 unspecified atom stereocenters. The minimum Gasteiger partial charge on any atom is -0.510 e. The minimum atomic E-state index is -0.713. The highest BCUT2D eigenvalue weighted by atomic mass is 35.5. The van der Waals surface area contributed by atoms with E-state index in [0.29, 0.717) is 10.7 Å². The zero-order chi connectivity index (χ0) is 13.5. The summed E-state index contributed by atoms with van der Waals surface area (Å²) in [6.07, 6.45) is 0. The number of aliphatic hydroxyl groups is 1. The first-order valence-corrected chi connectivity index (χ1v) is 5.66. The van der Waals surface area contributed by atoms with Crippen molar-refractivity contribution >= 4 is 23.3 Å². The number of rotatable bonds is 4. The maximum atomic E-state index is 11.4. The second-order valence-electron chi connectivity index (χ2n) is 3.33. The number of hydrogen-bond donors (Lipinski definition) is 1. The SMILES string of the molecule is CCOC(=O)/C(N=Nc1ccc(Cl)cc1)=C(/C)O. The number of aliphatic hydroxyl groups excluding tert-OH is 1. The molecule has 1 N–H and O–H groups in total. The maximum Gasteiger partial charge on any atom is 0.362 e. The predicted octanol–water partition coefficient (Wildman–Crippen LogP) is 3.78. The summed E-state index contributed by atoms with van der Waals surface area (Å²) in [5.41, 5.74) is 0.300. The summed E-state index contributed by atoms with van der Waals surface area (Å²) in [6, 6.07) is 6.58. The van der Waals surface area contributed by atoms with Crippen molar-refractivity contribution in [1.82, 2.24) is 0 Å². The summed E-state index contributed by atoms with van der Waals surface area (Å²) in [5.74, 6) is -0.957. The van der Waals surface area contributed by atoms with Crippen molar-refractivity contribution in [2.24, 2.45) is 10.2 Å². The fourth-order valence-corrected chi connectivity index (χ4v) is 1.20. The van der Waals surface area contributed by atoms with Crippen molar-refractivity contribution in [3.05, 3.63) is 40.7 Å². The monoisotopic (exact) mass is 268 g/mol. The van der Waals surface area contributed by atoms with Gasteiger partial charge in [0.25, 0.3) is 0 Å². The Balaban J connectivity index is 2.88. The molecule has 0 aliphatic heterocycles. The van der Waals surface area contributed by atoms with Gasteiger partial charge in [-0.2, -0.15) is 5.11 Å². The van der Waals surface area contributed by atoms with Crippen LogP contribution in [-0.2, 0) is 9.53 Å². The summed E-state index contributed by atoms with van der Waals surface area (Å²) in [6.45, 7) is 3.21. The van der Waals surface area contributed by atoms with Gasteiger partial charge in [-0.15, -0.1) is 5.11 Å². The van der Waals surface area contributed by atoms with Gasteiger partial charge in [-0.25, -0.2) is 4.79 Å². The lowest BCUT2D eigenvalue weighted by Gasteiger charge is -2.01. The molecule has 0 amide bonds. The Labute approximate surface area is 110 Å². The highest BCUT2D eigenvalue weighted by Gasteiger charge is 2.13. The maximum absolute atomic E-state index is 11.4. The fraction of sp³-hybridized carbons (Fsp3) is 0.250. The Morgan fingerprint density at radius 2 is 2.00 bits per heavy atom. The first kappa shape index (κ1) is 14.2. The van der Waals surface area contributed by atoms with Gasteiger partial charge in [0, 0.05) is 5.02 Å². The summed E-state index contributed by atoms with van der Waals surface area (Å²) in [4.78, 5) is 11.4. The van der Waals surface area contributed by atoms with E-state index < -0.39 is 5.97 Å². The highest BCUT2D eigenvalue weighted by molar-refractivity contribution is 6.30. The molecule has 0 spiro atoms. The van der Waals surface area contributed by atoms with Crippen LogP contribution in [0.15, 0.2) is 46.0 Å². The molecule has 96 valence electrons. The van der Waals surface area contributed by atoms with Crippen LogP contribution in [0.2, 0.25) is 5.02 Å². The van der Waals surface area contributed by atoms with Crippen LogP contribution in [0.3, 0.4) is 0 Å². The zero-order valence-electron chi connectivity index (χ0n) is 10.1. The van der Waals surface area contributed by atoms with E-state index in [0.717, 1.165) is 0 Å². The Morgan fingerprint density at radius 3 is 2.50 bits per heavy atom. The van der Waals surface area contributed by atoms with Crippen molar-refractivity contribution < 1.29 is 14.6 Å². The molecule has 1 rings (SSSR count). The number of ether oxygens (including phenoxy) is 1. The molecule has 1 aromatic carbocycles. The largest absolute Gasteiger partial charge is 0.510 e. The third kappa shape index (κ3) is 4.18. The normalized spacial score (nSPS) is 12.4. The zero-order valence-corrected chi connectivity index (χ0v) is 10.8. The van der Waals surface area contributed by atoms with Gasteiger partial charge >= 0.3 is 5.97 Å². The highest BCUT2D eigenvalue weighted by Crippen LogP contribution is 2.18. The second-order valence-corrected chi connectivity index (χ2v) is 3.77. The molecule has 18 heavy (non-hydrogen) atoms. The van der Waals surface area contributed by atoms with Crippen molar-refractivity contribution in [3.8, 4) is 0 Å². The van der Waals surface area contributed by atoms with Crippen molar-refractivity contribution in [1.29, 1.82) is 0 Å². The first-order valence-electron chi connectivity index (χ1n) is 5.29. The lowest BCUT2D eigenvalue weighted by molar-refractivity contribution is -0.138. The molecule has 0 saturated carbocycles. The molecular weight excluding hydrogens is 256 g/mol. The number of halogens is 1. The van der Waals surface area contributed by atoms with Crippen LogP contribution < -0.4 is 0 Å². The molecule has 0 bridgehead atoms. The van der Waals surface area contributed by atoms with E-state index in [1.54, 1.807) is 31.2 Å². The topological polar surface area (TPSA) is 71.2 Å². The number of esters is 1. The number of benzene rings is 1. The molecule has 0 aromatic heterocycles.